The van der Waals surface area contributed by atoms with Gasteiger partial charge in [-0.15, -0.1) is 23.7 Å². The molecule has 1 atom stereocenters. The first-order valence-electron chi connectivity index (χ1n) is 11.1. The Kier molecular flexibility index (Phi) is 8.95. The van der Waals surface area contributed by atoms with Gasteiger partial charge in [-0.1, -0.05) is 0 Å². The van der Waals surface area contributed by atoms with Crippen molar-refractivity contribution in [2.24, 2.45) is 0 Å². The molecule has 2 aliphatic heterocycles. The molecule has 0 spiro atoms. The Morgan fingerprint density at radius 2 is 2.00 bits per heavy atom. The Labute approximate surface area is 215 Å². The van der Waals surface area contributed by atoms with Crippen LogP contribution in [-0.4, -0.2) is 76.5 Å². The minimum atomic E-state index is -3.70. The Bertz CT molecular complexity index is 1180. The lowest BCUT2D eigenvalue weighted by molar-refractivity contribution is 0.0600. The third-order valence-corrected chi connectivity index (χ3v) is 9.14. The first-order valence-corrected chi connectivity index (χ1v) is 13.4. The maximum atomic E-state index is 12.9. The number of likely N-dealkylation sites (N-methyl/N-ethyl adjacent to an activating group) is 2. The van der Waals surface area contributed by atoms with Crippen molar-refractivity contribution in [2.45, 2.75) is 36.8 Å². The number of amides is 1. The number of esters is 1. The van der Waals surface area contributed by atoms with Crippen molar-refractivity contribution >= 4 is 50.6 Å². The molecule has 1 aromatic heterocycles. The molecule has 1 fully saturated rings. The molecule has 1 unspecified atom stereocenters. The highest BCUT2D eigenvalue weighted by Gasteiger charge is 2.29. The zero-order valence-corrected chi connectivity index (χ0v) is 22.4. The standard InChI is InChI=1S/C23H29N3O6S2.ClH/c1-25-11-10-18-19(14-25)33-22(20(18)23(28)31-3)24-21(27)15-6-8-17(9-7-15)34(29,30)26(2)13-16-5-4-12-32-16;/h6-9,16H,4-5,10-14H2,1-3H3,(H,24,27);1H. The number of halogens is 1. The molecule has 0 aliphatic carbocycles. The number of ether oxygens (including phenoxy) is 2. The summed E-state index contributed by atoms with van der Waals surface area (Å²) in [6, 6.07) is 5.79. The van der Waals surface area contributed by atoms with Crippen LogP contribution in [0.3, 0.4) is 0 Å². The second kappa shape index (κ2) is 11.4. The number of benzene rings is 1. The van der Waals surface area contributed by atoms with Gasteiger partial charge in [-0.3, -0.25) is 4.79 Å². The quantitative estimate of drug-likeness (QED) is 0.535. The van der Waals surface area contributed by atoms with Gasteiger partial charge in [0, 0.05) is 43.7 Å². The Hall–Kier alpha value is -2.02. The number of sulfonamides is 1. The van der Waals surface area contributed by atoms with Gasteiger partial charge in [0.15, 0.2) is 0 Å². The van der Waals surface area contributed by atoms with Crippen LogP contribution in [0.5, 0.6) is 0 Å². The highest BCUT2D eigenvalue weighted by molar-refractivity contribution is 7.89. The van der Waals surface area contributed by atoms with Gasteiger partial charge in [-0.05, 0) is 56.1 Å². The van der Waals surface area contributed by atoms with Crippen molar-refractivity contribution in [3.63, 3.8) is 0 Å². The summed E-state index contributed by atoms with van der Waals surface area (Å²) in [7, 11) is 1.16. The van der Waals surface area contributed by atoms with Crippen LogP contribution in [0.4, 0.5) is 5.00 Å². The van der Waals surface area contributed by atoms with E-state index in [2.05, 4.69) is 10.2 Å². The molecule has 1 amide bonds. The molecule has 2 aliphatic rings. The number of hydrogen-bond donors (Lipinski definition) is 1. The molecule has 2 aromatic rings. The largest absolute Gasteiger partial charge is 0.465 e. The second-order valence-electron chi connectivity index (χ2n) is 8.59. The lowest BCUT2D eigenvalue weighted by atomic mass is 10.0. The molecular weight excluding hydrogens is 514 g/mol. The Morgan fingerprint density at radius 3 is 2.63 bits per heavy atom. The van der Waals surface area contributed by atoms with E-state index in [0.29, 0.717) is 42.2 Å². The van der Waals surface area contributed by atoms with Gasteiger partial charge in [-0.2, -0.15) is 4.31 Å². The van der Waals surface area contributed by atoms with Crippen LogP contribution in [0, 0.1) is 0 Å². The van der Waals surface area contributed by atoms with E-state index in [0.717, 1.165) is 29.8 Å². The summed E-state index contributed by atoms with van der Waals surface area (Å²) < 4.78 is 37.6. The van der Waals surface area contributed by atoms with Crippen LogP contribution >= 0.6 is 23.7 Å². The lowest BCUT2D eigenvalue weighted by Crippen LogP contribution is -2.34. The van der Waals surface area contributed by atoms with Gasteiger partial charge >= 0.3 is 5.97 Å². The molecule has 9 nitrogen and oxygen atoms in total. The van der Waals surface area contributed by atoms with Crippen LogP contribution in [0.15, 0.2) is 29.2 Å². The van der Waals surface area contributed by atoms with Crippen molar-refractivity contribution in [1.82, 2.24) is 9.21 Å². The fraction of sp³-hybridized carbons (Fsp3) is 0.478. The van der Waals surface area contributed by atoms with E-state index in [1.165, 1.54) is 54.1 Å². The zero-order valence-electron chi connectivity index (χ0n) is 19.9. The summed E-state index contributed by atoms with van der Waals surface area (Å²) in [5, 5.41) is 3.28. The van der Waals surface area contributed by atoms with Crippen molar-refractivity contribution < 1.29 is 27.5 Å². The van der Waals surface area contributed by atoms with Gasteiger partial charge in [0.2, 0.25) is 10.0 Å². The van der Waals surface area contributed by atoms with E-state index >= 15 is 0 Å². The van der Waals surface area contributed by atoms with E-state index < -0.39 is 21.9 Å². The molecule has 1 saturated heterocycles. The van der Waals surface area contributed by atoms with Crippen molar-refractivity contribution in [2.75, 3.05) is 46.2 Å². The number of carbonyl (C=O) groups is 2. The fourth-order valence-corrected chi connectivity index (χ4v) is 6.76. The molecule has 1 N–H and O–H groups in total. The summed E-state index contributed by atoms with van der Waals surface area (Å²) in [5.74, 6) is -0.901. The predicted octanol–water partition coefficient (Wildman–Crippen LogP) is 3.00. The molecular formula is C23H30ClN3O6S2. The number of fused-ring (bicyclic) bond motifs is 1. The Balaban J connectivity index is 0.00000342. The molecule has 0 saturated carbocycles. The van der Waals surface area contributed by atoms with Gasteiger partial charge in [0.05, 0.1) is 23.7 Å². The van der Waals surface area contributed by atoms with E-state index in [1.54, 1.807) is 0 Å². The third-order valence-electron chi connectivity index (χ3n) is 6.17. The van der Waals surface area contributed by atoms with E-state index in [4.69, 9.17) is 9.47 Å². The van der Waals surface area contributed by atoms with Crippen molar-refractivity contribution in [3.8, 4) is 0 Å². The number of hydrogen-bond acceptors (Lipinski definition) is 8. The summed E-state index contributed by atoms with van der Waals surface area (Å²) in [6.45, 7) is 2.47. The summed E-state index contributed by atoms with van der Waals surface area (Å²) in [6.07, 6.45) is 2.39. The third kappa shape index (κ3) is 5.87. The van der Waals surface area contributed by atoms with Crippen molar-refractivity contribution in [3.05, 3.63) is 45.8 Å². The average molecular weight is 544 g/mol. The number of methoxy groups -OCH3 is 1. The summed E-state index contributed by atoms with van der Waals surface area (Å²) in [4.78, 5) is 28.7. The number of nitrogens with one attached hydrogen (secondary N) is 1. The number of rotatable bonds is 7. The maximum absolute atomic E-state index is 12.9. The van der Waals surface area contributed by atoms with Crippen LogP contribution in [-0.2, 0) is 32.5 Å². The van der Waals surface area contributed by atoms with Crippen LogP contribution < -0.4 is 5.32 Å². The molecule has 192 valence electrons. The normalized spacial score (nSPS) is 18.1. The van der Waals surface area contributed by atoms with Crippen molar-refractivity contribution in [1.29, 1.82) is 0 Å². The van der Waals surface area contributed by atoms with Gasteiger partial charge in [0.25, 0.3) is 5.91 Å². The smallest absolute Gasteiger partial charge is 0.341 e. The predicted molar refractivity (Wildman–Crippen MR) is 136 cm³/mol. The number of carbonyl (C=O) groups excluding carboxylic acids is 2. The zero-order chi connectivity index (χ0) is 24.5. The van der Waals surface area contributed by atoms with Crippen LogP contribution in [0.2, 0.25) is 0 Å². The van der Waals surface area contributed by atoms with Gasteiger partial charge in [0.1, 0.15) is 5.00 Å². The highest BCUT2D eigenvalue weighted by atomic mass is 35.5. The number of nitrogens with zero attached hydrogens (tertiary/aromatic N) is 2. The lowest BCUT2D eigenvalue weighted by Gasteiger charge is -2.22. The monoisotopic (exact) mass is 543 g/mol. The van der Waals surface area contributed by atoms with Crippen LogP contribution in [0.1, 0.15) is 44.0 Å². The van der Waals surface area contributed by atoms with E-state index in [1.807, 2.05) is 7.05 Å². The van der Waals surface area contributed by atoms with Crippen LogP contribution in [0.25, 0.3) is 0 Å². The molecule has 1 aromatic carbocycles. The average Bonchev–Trinajstić information content (AvgIpc) is 3.45. The molecule has 12 heteroatoms. The topological polar surface area (TPSA) is 105 Å². The number of thiophene rings is 1. The molecule has 0 bridgehead atoms. The van der Waals surface area contributed by atoms with Gasteiger partial charge < -0.3 is 19.7 Å². The molecule has 3 heterocycles. The second-order valence-corrected chi connectivity index (χ2v) is 11.7. The van der Waals surface area contributed by atoms with Gasteiger partial charge in [-0.25, -0.2) is 13.2 Å². The first-order chi connectivity index (χ1) is 16.2. The Morgan fingerprint density at radius 1 is 1.29 bits per heavy atom. The highest BCUT2D eigenvalue weighted by Crippen LogP contribution is 2.37. The summed E-state index contributed by atoms with van der Waals surface area (Å²) in [5.41, 5.74) is 1.61. The molecule has 4 rings (SSSR count). The minimum absolute atomic E-state index is 0. The first kappa shape index (κ1) is 27.6. The summed E-state index contributed by atoms with van der Waals surface area (Å²) >= 11 is 1.37. The molecule has 0 radical (unpaired) electrons. The van der Waals surface area contributed by atoms with E-state index in [9.17, 15) is 18.0 Å². The fourth-order valence-electron chi connectivity index (χ4n) is 4.24. The molecule has 35 heavy (non-hydrogen) atoms. The number of anilines is 1. The maximum Gasteiger partial charge on any atom is 0.341 e. The SMILES string of the molecule is COC(=O)c1c(NC(=O)c2ccc(S(=O)(=O)N(C)CC3CCCO3)cc2)sc2c1CCN(C)C2.Cl. The minimum Gasteiger partial charge on any atom is -0.465 e. The van der Waals surface area contributed by atoms with E-state index in [-0.39, 0.29) is 23.4 Å².